The zero-order valence-corrected chi connectivity index (χ0v) is 6.04. The zero-order valence-electron chi connectivity index (χ0n) is 6.04. The van der Waals surface area contributed by atoms with Crippen molar-refractivity contribution in [3.63, 3.8) is 0 Å². The van der Waals surface area contributed by atoms with Crippen LogP contribution in [0.5, 0.6) is 0 Å². The maximum absolute atomic E-state index is 11.7. The van der Waals surface area contributed by atoms with Gasteiger partial charge >= 0.3 is 6.98 Å². The summed E-state index contributed by atoms with van der Waals surface area (Å²) < 4.78 is 35.2. The van der Waals surface area contributed by atoms with E-state index in [0.29, 0.717) is 6.42 Å². The van der Waals surface area contributed by atoms with E-state index in [-0.39, 0.29) is 6.42 Å². The Bertz CT molecular complexity index is 117. The first-order chi connectivity index (χ1) is 4.48. The van der Waals surface area contributed by atoms with Crippen LogP contribution in [0.3, 0.4) is 0 Å². The highest BCUT2D eigenvalue weighted by Gasteiger charge is 2.25. The van der Waals surface area contributed by atoms with E-state index >= 15 is 0 Å². The van der Waals surface area contributed by atoms with Gasteiger partial charge in [0.1, 0.15) is 0 Å². The molecule has 0 fully saturated rings. The van der Waals surface area contributed by atoms with Crippen molar-refractivity contribution in [3.05, 3.63) is 12.1 Å². The number of allylic oxidation sites excluding steroid dienone is 1. The smallest absolute Gasteiger partial charge is 0.445 e. The number of unbranched alkanes of at least 4 members (excludes halogenated alkanes) is 1. The van der Waals surface area contributed by atoms with Gasteiger partial charge in [0.25, 0.3) is 0 Å². The van der Waals surface area contributed by atoms with Crippen LogP contribution < -0.4 is 0 Å². The number of hydrogen-bond acceptors (Lipinski definition) is 0. The lowest BCUT2D eigenvalue weighted by atomic mass is 9.78. The third kappa shape index (κ3) is 3.59. The van der Waals surface area contributed by atoms with Crippen LogP contribution in [0.4, 0.5) is 12.9 Å². The SMILES string of the molecule is C=C(CCCC)[B-](F)(F)F. The molecule has 0 aromatic heterocycles. The number of halogens is 3. The normalized spacial score (nSPS) is 11.6. The van der Waals surface area contributed by atoms with E-state index in [2.05, 4.69) is 6.58 Å². The Labute approximate surface area is 59.2 Å². The number of rotatable bonds is 4. The van der Waals surface area contributed by atoms with Gasteiger partial charge in [0.2, 0.25) is 0 Å². The molecule has 0 unspecified atom stereocenters. The highest BCUT2D eigenvalue weighted by Crippen LogP contribution is 2.22. The highest BCUT2D eigenvalue weighted by molar-refractivity contribution is 6.66. The summed E-state index contributed by atoms with van der Waals surface area (Å²) in [5.74, 6) is 0. The molecule has 0 aliphatic carbocycles. The summed E-state index contributed by atoms with van der Waals surface area (Å²) in [6.45, 7) is 0.0506. The predicted octanol–water partition coefficient (Wildman–Crippen LogP) is 3.12. The average Bonchev–Trinajstić information content (AvgIpc) is 1.80. The van der Waals surface area contributed by atoms with Crippen molar-refractivity contribution in [2.45, 2.75) is 26.2 Å². The highest BCUT2D eigenvalue weighted by atomic mass is 19.4. The topological polar surface area (TPSA) is 0 Å². The van der Waals surface area contributed by atoms with Crippen LogP contribution in [-0.4, -0.2) is 6.98 Å². The van der Waals surface area contributed by atoms with Crippen molar-refractivity contribution in [1.29, 1.82) is 0 Å². The number of hydrogen-bond donors (Lipinski definition) is 0. The molecular formula is C6H11BF3-. The molecule has 0 heterocycles. The maximum atomic E-state index is 11.7. The second kappa shape index (κ2) is 3.69. The minimum atomic E-state index is -4.77. The summed E-state index contributed by atoms with van der Waals surface area (Å²) in [4.78, 5) is 0. The van der Waals surface area contributed by atoms with E-state index in [1.807, 2.05) is 6.92 Å². The van der Waals surface area contributed by atoms with Crippen LogP contribution in [0, 0.1) is 0 Å². The molecule has 0 bridgehead atoms. The van der Waals surface area contributed by atoms with Crippen LogP contribution in [0.1, 0.15) is 26.2 Å². The van der Waals surface area contributed by atoms with Gasteiger partial charge in [-0.25, -0.2) is 0 Å². The zero-order chi connectivity index (χ0) is 8.20. The van der Waals surface area contributed by atoms with E-state index in [0.717, 1.165) is 6.42 Å². The molecule has 4 heteroatoms. The fraction of sp³-hybridized carbons (Fsp3) is 0.667. The maximum Gasteiger partial charge on any atom is 0.505 e. The molecule has 0 atom stereocenters. The molecule has 0 saturated carbocycles. The fourth-order valence-electron chi connectivity index (χ4n) is 0.568. The third-order valence-electron chi connectivity index (χ3n) is 1.31. The first kappa shape index (κ1) is 9.59. The van der Waals surface area contributed by atoms with Crippen LogP contribution in [0.2, 0.25) is 0 Å². The molecule has 0 aromatic carbocycles. The van der Waals surface area contributed by atoms with Gasteiger partial charge in [-0.2, -0.15) is 0 Å². The first-order valence-electron chi connectivity index (χ1n) is 3.36. The van der Waals surface area contributed by atoms with Crippen LogP contribution in [0.15, 0.2) is 12.1 Å². The monoisotopic (exact) mass is 151 g/mol. The first-order valence-corrected chi connectivity index (χ1v) is 3.36. The van der Waals surface area contributed by atoms with Crippen molar-refractivity contribution in [1.82, 2.24) is 0 Å². The largest absolute Gasteiger partial charge is 0.505 e. The van der Waals surface area contributed by atoms with Crippen molar-refractivity contribution >= 4 is 6.98 Å². The van der Waals surface area contributed by atoms with E-state index in [4.69, 9.17) is 0 Å². The Hall–Kier alpha value is -0.405. The predicted molar refractivity (Wildman–Crippen MR) is 37.7 cm³/mol. The quantitative estimate of drug-likeness (QED) is 0.541. The van der Waals surface area contributed by atoms with Crippen LogP contribution in [0.25, 0.3) is 0 Å². The Morgan fingerprint density at radius 1 is 1.40 bits per heavy atom. The van der Waals surface area contributed by atoms with Gasteiger partial charge in [0.15, 0.2) is 0 Å². The Morgan fingerprint density at radius 3 is 2.20 bits per heavy atom. The molecule has 0 aliphatic rings. The summed E-state index contributed by atoms with van der Waals surface area (Å²) in [5, 5.41) is 0. The van der Waals surface area contributed by atoms with Crippen LogP contribution in [-0.2, 0) is 0 Å². The molecule has 0 amide bonds. The molecule has 0 spiro atoms. The van der Waals surface area contributed by atoms with E-state index in [1.54, 1.807) is 0 Å². The van der Waals surface area contributed by atoms with Crippen molar-refractivity contribution < 1.29 is 12.9 Å². The summed E-state index contributed by atoms with van der Waals surface area (Å²) in [6, 6.07) is 0. The molecule has 0 radical (unpaired) electrons. The summed E-state index contributed by atoms with van der Waals surface area (Å²) in [5.41, 5.74) is -0.554. The lowest BCUT2D eigenvalue weighted by Gasteiger charge is -2.16. The summed E-state index contributed by atoms with van der Waals surface area (Å²) in [7, 11) is 0. The average molecular weight is 151 g/mol. The summed E-state index contributed by atoms with van der Waals surface area (Å²) in [6.07, 6.45) is 1.46. The Balaban J connectivity index is 3.64. The Morgan fingerprint density at radius 2 is 1.90 bits per heavy atom. The molecule has 0 saturated heterocycles. The molecular weight excluding hydrogens is 140 g/mol. The van der Waals surface area contributed by atoms with Gasteiger partial charge in [-0.05, 0) is 0 Å². The molecule has 60 valence electrons. The molecule has 10 heavy (non-hydrogen) atoms. The Kier molecular flexibility index (Phi) is 3.54. The van der Waals surface area contributed by atoms with E-state index < -0.39 is 12.4 Å². The van der Waals surface area contributed by atoms with Crippen molar-refractivity contribution in [3.8, 4) is 0 Å². The van der Waals surface area contributed by atoms with Gasteiger partial charge < -0.3 is 12.9 Å². The van der Waals surface area contributed by atoms with Crippen molar-refractivity contribution in [2.24, 2.45) is 0 Å². The minimum Gasteiger partial charge on any atom is -0.445 e. The second-order valence-electron chi connectivity index (χ2n) is 2.34. The van der Waals surface area contributed by atoms with Crippen LogP contribution >= 0.6 is 0 Å². The van der Waals surface area contributed by atoms with Gasteiger partial charge in [-0.3, -0.25) is 0 Å². The molecule has 0 aliphatic heterocycles. The summed E-state index contributed by atoms with van der Waals surface area (Å²) >= 11 is 0. The van der Waals surface area contributed by atoms with Gasteiger partial charge in [0, 0.05) is 0 Å². The third-order valence-corrected chi connectivity index (χ3v) is 1.31. The fourth-order valence-corrected chi connectivity index (χ4v) is 0.568. The molecule has 0 aromatic rings. The van der Waals surface area contributed by atoms with Gasteiger partial charge in [0.05, 0.1) is 0 Å². The van der Waals surface area contributed by atoms with E-state index in [1.165, 1.54) is 0 Å². The van der Waals surface area contributed by atoms with Gasteiger partial charge in [-0.15, -0.1) is 12.1 Å². The standard InChI is InChI=1S/C6H11BF3/c1-3-4-5-6(2)7(8,9)10/h2-5H2,1H3/q-1. The molecule has 0 N–H and O–H groups in total. The van der Waals surface area contributed by atoms with E-state index in [9.17, 15) is 12.9 Å². The lowest BCUT2D eigenvalue weighted by molar-refractivity contribution is 0.484. The molecule has 0 rings (SSSR count). The molecule has 0 nitrogen and oxygen atoms in total. The lowest BCUT2D eigenvalue weighted by Crippen LogP contribution is -2.18. The minimum absolute atomic E-state index is 0.0972. The van der Waals surface area contributed by atoms with Gasteiger partial charge in [-0.1, -0.05) is 26.2 Å². The second-order valence-corrected chi connectivity index (χ2v) is 2.34. The van der Waals surface area contributed by atoms with Crippen molar-refractivity contribution in [2.75, 3.05) is 0 Å².